The monoisotopic (exact) mass is 357 g/mol. The zero-order valence-electron chi connectivity index (χ0n) is 11.8. The molecule has 0 atom stereocenters. The number of methoxy groups -OCH3 is 1. The number of rotatable bonds is 6. The topological polar surface area (TPSA) is 99.1 Å². The lowest BCUT2D eigenvalue weighted by molar-refractivity contribution is 0.165. The normalized spacial score (nSPS) is 13.8. The van der Waals surface area contributed by atoms with Gasteiger partial charge >= 0.3 is 15.4 Å². The Balaban J connectivity index is 3.46. The number of nitrogens with zero attached hydrogens (tertiary/aromatic N) is 1. The van der Waals surface area contributed by atoms with Crippen LogP contribution in [0.3, 0.4) is 0 Å². The molecule has 0 aliphatic heterocycles. The summed E-state index contributed by atoms with van der Waals surface area (Å²) in [5, 5.41) is -1.62. The van der Waals surface area contributed by atoms with Gasteiger partial charge in [-0.1, -0.05) is 5.16 Å². The SMILES string of the molecule is COc1ccc(C(=NOS(C)(=O)=O)C(F)(F)S(C)(=O)=O)cc1. The Bertz CT molecular complexity index is 769. The van der Waals surface area contributed by atoms with Crippen LogP contribution in [-0.2, 0) is 24.2 Å². The first-order valence-corrected chi connectivity index (χ1v) is 9.28. The van der Waals surface area contributed by atoms with E-state index < -0.39 is 30.9 Å². The maximum Gasteiger partial charge on any atom is 0.390 e. The summed E-state index contributed by atoms with van der Waals surface area (Å²) >= 11 is 0. The minimum Gasteiger partial charge on any atom is -0.497 e. The summed E-state index contributed by atoms with van der Waals surface area (Å²) in [6, 6.07) is 4.76. The fourth-order valence-corrected chi connectivity index (χ4v) is 2.02. The lowest BCUT2D eigenvalue weighted by atomic mass is 10.1. The van der Waals surface area contributed by atoms with E-state index in [-0.39, 0.29) is 5.56 Å². The Morgan fingerprint density at radius 2 is 1.59 bits per heavy atom. The molecule has 0 amide bonds. The fraction of sp³-hybridized carbons (Fsp3) is 0.364. The molecular formula is C11H13F2NO6S2. The van der Waals surface area contributed by atoms with Crippen LogP contribution in [0.5, 0.6) is 5.75 Å². The van der Waals surface area contributed by atoms with Crippen LogP contribution in [0, 0.1) is 0 Å². The van der Waals surface area contributed by atoms with Crippen LogP contribution in [0.2, 0.25) is 0 Å². The summed E-state index contributed by atoms with van der Waals surface area (Å²) in [4.78, 5) is 0. The number of ether oxygens (including phenoxy) is 1. The van der Waals surface area contributed by atoms with Crippen LogP contribution in [-0.4, -0.2) is 47.4 Å². The van der Waals surface area contributed by atoms with Gasteiger partial charge in [0, 0.05) is 11.8 Å². The first-order valence-electron chi connectivity index (χ1n) is 5.57. The van der Waals surface area contributed by atoms with Gasteiger partial charge in [-0.15, -0.1) is 0 Å². The lowest BCUT2D eigenvalue weighted by Crippen LogP contribution is -2.38. The number of hydrogen-bond donors (Lipinski definition) is 0. The van der Waals surface area contributed by atoms with Crippen molar-refractivity contribution < 1.29 is 34.6 Å². The van der Waals surface area contributed by atoms with Gasteiger partial charge in [0.1, 0.15) is 5.75 Å². The van der Waals surface area contributed by atoms with Crippen molar-refractivity contribution in [2.75, 3.05) is 19.6 Å². The molecular weight excluding hydrogens is 344 g/mol. The summed E-state index contributed by atoms with van der Waals surface area (Å²) in [5.74, 6) is 0.329. The first kappa shape index (κ1) is 18.3. The van der Waals surface area contributed by atoms with Gasteiger partial charge < -0.3 is 4.74 Å². The molecule has 0 saturated heterocycles. The van der Waals surface area contributed by atoms with Crippen LogP contribution in [0.15, 0.2) is 29.4 Å². The molecule has 0 N–H and O–H groups in total. The second-order valence-corrected chi connectivity index (χ2v) is 7.85. The zero-order valence-corrected chi connectivity index (χ0v) is 13.4. The fourth-order valence-electron chi connectivity index (χ4n) is 1.30. The summed E-state index contributed by atoms with van der Waals surface area (Å²) in [6.45, 7) is 0. The number of oxime groups is 1. The Morgan fingerprint density at radius 3 is 1.95 bits per heavy atom. The maximum atomic E-state index is 14.0. The van der Waals surface area contributed by atoms with Crippen molar-refractivity contribution >= 4 is 25.7 Å². The molecule has 0 fully saturated rings. The Labute approximate surface area is 126 Å². The highest BCUT2D eigenvalue weighted by Crippen LogP contribution is 2.28. The van der Waals surface area contributed by atoms with E-state index in [2.05, 4.69) is 9.44 Å². The number of benzene rings is 1. The van der Waals surface area contributed by atoms with E-state index in [1.54, 1.807) is 0 Å². The van der Waals surface area contributed by atoms with Crippen LogP contribution >= 0.6 is 0 Å². The highest BCUT2D eigenvalue weighted by Gasteiger charge is 2.48. The number of sulfone groups is 1. The minimum atomic E-state index is -4.90. The van der Waals surface area contributed by atoms with Crippen molar-refractivity contribution in [3.05, 3.63) is 29.8 Å². The van der Waals surface area contributed by atoms with Crippen LogP contribution in [0.1, 0.15) is 5.56 Å². The first-order chi connectivity index (χ1) is 9.88. The van der Waals surface area contributed by atoms with E-state index in [9.17, 15) is 25.6 Å². The second-order valence-electron chi connectivity index (χ2n) is 4.24. The van der Waals surface area contributed by atoms with E-state index in [1.807, 2.05) is 0 Å². The van der Waals surface area contributed by atoms with Crippen molar-refractivity contribution in [1.29, 1.82) is 0 Å². The van der Waals surface area contributed by atoms with Crippen molar-refractivity contribution in [1.82, 2.24) is 0 Å². The molecule has 0 unspecified atom stereocenters. The van der Waals surface area contributed by atoms with Crippen molar-refractivity contribution in [3.63, 3.8) is 0 Å². The number of alkyl halides is 2. The lowest BCUT2D eigenvalue weighted by Gasteiger charge is -2.16. The van der Waals surface area contributed by atoms with Crippen molar-refractivity contribution in [3.8, 4) is 5.75 Å². The highest BCUT2D eigenvalue weighted by atomic mass is 32.2. The molecule has 22 heavy (non-hydrogen) atoms. The van der Waals surface area contributed by atoms with Gasteiger partial charge in [0.25, 0.3) is 0 Å². The standard InChI is InChI=1S/C11H13F2NO6S2/c1-19-9-6-4-8(5-7-9)10(14-20-22(3,17)18)11(12,13)21(2,15)16/h4-7H,1-3H3. The summed E-state index contributed by atoms with van der Waals surface area (Å²) in [6.07, 6.45) is 0.882. The summed E-state index contributed by atoms with van der Waals surface area (Å²) in [7, 11) is -7.74. The molecule has 0 aromatic heterocycles. The Kier molecular flexibility index (Phi) is 5.13. The quantitative estimate of drug-likeness (QED) is 0.557. The molecule has 1 rings (SSSR count). The highest BCUT2D eigenvalue weighted by molar-refractivity contribution is 7.92. The molecule has 0 aliphatic carbocycles. The maximum absolute atomic E-state index is 14.0. The van der Waals surface area contributed by atoms with Gasteiger partial charge in [0.05, 0.1) is 13.4 Å². The predicted octanol–water partition coefficient (Wildman–Crippen LogP) is 1.01. The van der Waals surface area contributed by atoms with Gasteiger partial charge in [0.15, 0.2) is 5.71 Å². The molecule has 0 saturated carbocycles. The molecule has 0 spiro atoms. The van der Waals surface area contributed by atoms with Crippen LogP contribution in [0.25, 0.3) is 0 Å². The molecule has 0 bridgehead atoms. The minimum absolute atomic E-state index is 0.298. The molecule has 11 heteroatoms. The molecule has 0 heterocycles. The summed E-state index contributed by atoms with van der Waals surface area (Å²) < 4.78 is 81.1. The third-order valence-corrected chi connectivity index (χ3v) is 3.84. The molecule has 1 aromatic carbocycles. The number of halogens is 2. The largest absolute Gasteiger partial charge is 0.497 e. The molecule has 0 aliphatic rings. The smallest absolute Gasteiger partial charge is 0.390 e. The average molecular weight is 357 g/mol. The van der Waals surface area contributed by atoms with E-state index in [4.69, 9.17) is 4.74 Å². The van der Waals surface area contributed by atoms with Gasteiger partial charge in [-0.2, -0.15) is 17.2 Å². The van der Waals surface area contributed by atoms with Crippen molar-refractivity contribution in [2.24, 2.45) is 5.16 Å². The van der Waals surface area contributed by atoms with E-state index in [0.29, 0.717) is 18.3 Å². The van der Waals surface area contributed by atoms with Gasteiger partial charge in [-0.05, 0) is 24.3 Å². The van der Waals surface area contributed by atoms with E-state index in [1.165, 1.54) is 19.2 Å². The van der Waals surface area contributed by atoms with E-state index in [0.717, 1.165) is 12.1 Å². The predicted molar refractivity (Wildman–Crippen MR) is 75.3 cm³/mol. The Morgan fingerprint density at radius 1 is 1.09 bits per heavy atom. The van der Waals surface area contributed by atoms with Gasteiger partial charge in [-0.3, -0.25) is 4.28 Å². The molecule has 7 nitrogen and oxygen atoms in total. The second kappa shape index (κ2) is 6.16. The van der Waals surface area contributed by atoms with Crippen LogP contribution in [0.4, 0.5) is 8.78 Å². The van der Waals surface area contributed by atoms with E-state index >= 15 is 0 Å². The third-order valence-electron chi connectivity index (χ3n) is 2.37. The third kappa shape index (κ3) is 4.37. The number of hydrogen-bond acceptors (Lipinski definition) is 7. The summed E-state index contributed by atoms with van der Waals surface area (Å²) in [5.41, 5.74) is -1.68. The van der Waals surface area contributed by atoms with Crippen molar-refractivity contribution in [2.45, 2.75) is 5.25 Å². The van der Waals surface area contributed by atoms with Gasteiger partial charge in [-0.25, -0.2) is 8.42 Å². The van der Waals surface area contributed by atoms with Crippen LogP contribution < -0.4 is 4.74 Å². The molecule has 124 valence electrons. The Hall–Kier alpha value is -1.75. The molecule has 0 radical (unpaired) electrons. The van der Waals surface area contributed by atoms with Gasteiger partial charge in [0.2, 0.25) is 9.84 Å². The molecule has 1 aromatic rings. The average Bonchev–Trinajstić information content (AvgIpc) is 2.36. The zero-order chi connectivity index (χ0) is 17.2.